The zero-order chi connectivity index (χ0) is 18.9. The van der Waals surface area contributed by atoms with E-state index in [2.05, 4.69) is 4.90 Å². The fourth-order valence-corrected chi connectivity index (χ4v) is 3.92. The van der Waals surface area contributed by atoms with Gasteiger partial charge in [0.25, 0.3) is 0 Å². The fourth-order valence-electron chi connectivity index (χ4n) is 2.76. The maximum Gasteiger partial charge on any atom is 0.509 e. The third-order valence-electron chi connectivity index (χ3n) is 3.94. The van der Waals surface area contributed by atoms with Crippen molar-refractivity contribution in [1.29, 1.82) is 0 Å². The Hall–Kier alpha value is -1.50. The summed E-state index contributed by atoms with van der Waals surface area (Å²) in [6.45, 7) is 5.86. The standard InChI is InChI=1S/C19H24ClNO4S/c1-14(2)25-19(23)24-13-26-18-7-9-21(12-16(18)8-10-22)11-15-5-3-4-6-17(15)20/h3-6,8,10,14,18H,7,9,11-13H2,1-2H3/b16-8-. The Balaban J connectivity index is 1.87. The minimum absolute atomic E-state index is 0.148. The molecule has 1 heterocycles. The molecule has 0 saturated carbocycles. The molecule has 0 bridgehead atoms. The highest BCUT2D eigenvalue weighted by molar-refractivity contribution is 7.99. The summed E-state index contributed by atoms with van der Waals surface area (Å²) < 4.78 is 10.0. The van der Waals surface area contributed by atoms with E-state index in [0.29, 0.717) is 6.54 Å². The molecule has 26 heavy (non-hydrogen) atoms. The number of benzene rings is 1. The maximum atomic E-state index is 11.4. The van der Waals surface area contributed by atoms with Gasteiger partial charge in [0.1, 0.15) is 12.2 Å². The van der Waals surface area contributed by atoms with E-state index in [1.165, 1.54) is 11.8 Å². The lowest BCUT2D eigenvalue weighted by molar-refractivity contribution is -0.104. The zero-order valence-corrected chi connectivity index (χ0v) is 16.6. The van der Waals surface area contributed by atoms with Gasteiger partial charge in [-0.3, -0.25) is 9.69 Å². The van der Waals surface area contributed by atoms with Crippen LogP contribution in [0, 0.1) is 0 Å². The molecule has 5 nitrogen and oxygen atoms in total. The number of ether oxygens (including phenoxy) is 2. The van der Waals surface area contributed by atoms with Crippen molar-refractivity contribution in [2.45, 2.75) is 38.2 Å². The molecule has 142 valence electrons. The minimum Gasteiger partial charge on any atom is -0.432 e. The van der Waals surface area contributed by atoms with E-state index in [1.54, 1.807) is 19.9 Å². The van der Waals surface area contributed by atoms with Crippen LogP contribution < -0.4 is 0 Å². The Morgan fingerprint density at radius 3 is 2.88 bits per heavy atom. The van der Waals surface area contributed by atoms with Gasteiger partial charge < -0.3 is 9.47 Å². The van der Waals surface area contributed by atoms with E-state index in [-0.39, 0.29) is 17.3 Å². The highest BCUT2D eigenvalue weighted by atomic mass is 35.5. The number of aldehydes is 1. The van der Waals surface area contributed by atoms with Crippen LogP contribution in [-0.2, 0) is 20.8 Å². The van der Waals surface area contributed by atoms with Crippen LogP contribution in [0.1, 0.15) is 25.8 Å². The normalized spacial score (nSPS) is 19.5. The van der Waals surface area contributed by atoms with E-state index < -0.39 is 6.16 Å². The van der Waals surface area contributed by atoms with Gasteiger partial charge in [0.05, 0.1) is 6.10 Å². The largest absolute Gasteiger partial charge is 0.509 e. The third kappa shape index (κ3) is 6.67. The highest BCUT2D eigenvalue weighted by Gasteiger charge is 2.25. The number of carbonyl (C=O) groups is 2. The first-order valence-electron chi connectivity index (χ1n) is 8.54. The van der Waals surface area contributed by atoms with Crippen LogP contribution in [0.5, 0.6) is 0 Å². The molecule has 2 rings (SSSR count). The minimum atomic E-state index is -0.662. The number of thioether (sulfide) groups is 1. The van der Waals surface area contributed by atoms with E-state index in [4.69, 9.17) is 21.1 Å². The van der Waals surface area contributed by atoms with Gasteiger partial charge in [-0.1, -0.05) is 29.8 Å². The van der Waals surface area contributed by atoms with Crippen molar-refractivity contribution in [2.24, 2.45) is 0 Å². The number of halogens is 1. The molecule has 1 aromatic rings. The predicted molar refractivity (Wildman–Crippen MR) is 104 cm³/mol. The molecule has 0 radical (unpaired) electrons. The summed E-state index contributed by atoms with van der Waals surface area (Å²) in [6, 6.07) is 7.78. The Labute approximate surface area is 163 Å². The van der Waals surface area contributed by atoms with Crippen LogP contribution in [0.25, 0.3) is 0 Å². The lowest BCUT2D eigenvalue weighted by Gasteiger charge is -2.34. The molecule has 0 aliphatic carbocycles. The van der Waals surface area contributed by atoms with E-state index in [1.807, 2.05) is 24.3 Å². The number of rotatable bonds is 7. The average Bonchev–Trinajstić information content (AvgIpc) is 2.58. The van der Waals surface area contributed by atoms with Crippen molar-refractivity contribution in [3.8, 4) is 0 Å². The number of carbonyl (C=O) groups excluding carboxylic acids is 2. The first-order valence-corrected chi connectivity index (χ1v) is 9.97. The number of hydrogen-bond donors (Lipinski definition) is 0. The molecule has 1 aliphatic heterocycles. The molecule has 1 aromatic carbocycles. The van der Waals surface area contributed by atoms with Crippen molar-refractivity contribution in [3.63, 3.8) is 0 Å². The van der Waals surface area contributed by atoms with Crippen LogP contribution in [-0.4, -0.2) is 47.7 Å². The lowest BCUT2D eigenvalue weighted by Crippen LogP contribution is -2.36. The Kier molecular flexibility index (Phi) is 8.48. The van der Waals surface area contributed by atoms with E-state index in [9.17, 15) is 9.59 Å². The molecular weight excluding hydrogens is 374 g/mol. The number of likely N-dealkylation sites (tertiary alicyclic amines) is 1. The number of piperidine rings is 1. The van der Waals surface area contributed by atoms with Gasteiger partial charge in [0.2, 0.25) is 0 Å². The smallest absolute Gasteiger partial charge is 0.432 e. The summed E-state index contributed by atoms with van der Waals surface area (Å²) in [5.74, 6) is 0.205. The number of allylic oxidation sites excluding steroid dienone is 1. The zero-order valence-electron chi connectivity index (χ0n) is 15.0. The van der Waals surface area contributed by atoms with Crippen LogP contribution >= 0.6 is 23.4 Å². The van der Waals surface area contributed by atoms with Crippen LogP contribution in [0.4, 0.5) is 4.79 Å². The van der Waals surface area contributed by atoms with Gasteiger partial charge in [0, 0.05) is 29.9 Å². The van der Waals surface area contributed by atoms with Crippen molar-refractivity contribution in [3.05, 3.63) is 46.5 Å². The summed E-state index contributed by atoms with van der Waals surface area (Å²) in [5.41, 5.74) is 2.11. The molecule has 0 amide bonds. The molecular formula is C19H24ClNO4S. The maximum absolute atomic E-state index is 11.4. The van der Waals surface area contributed by atoms with Gasteiger partial charge in [0.15, 0.2) is 0 Å². The molecule has 1 fully saturated rings. The van der Waals surface area contributed by atoms with E-state index in [0.717, 1.165) is 42.0 Å². The highest BCUT2D eigenvalue weighted by Crippen LogP contribution is 2.29. The van der Waals surface area contributed by atoms with Gasteiger partial charge >= 0.3 is 6.16 Å². The Bertz CT molecular complexity index is 650. The molecule has 0 N–H and O–H groups in total. The molecule has 0 spiro atoms. The first-order chi connectivity index (χ1) is 12.5. The van der Waals surface area contributed by atoms with Gasteiger partial charge in [-0.25, -0.2) is 4.79 Å². The van der Waals surface area contributed by atoms with Crippen molar-refractivity contribution < 1.29 is 19.1 Å². The summed E-state index contributed by atoms with van der Waals surface area (Å²) in [7, 11) is 0. The Morgan fingerprint density at radius 2 is 2.19 bits per heavy atom. The average molecular weight is 398 g/mol. The second-order valence-corrected chi connectivity index (χ2v) is 7.85. The second kappa shape index (κ2) is 10.6. The topological polar surface area (TPSA) is 55.8 Å². The van der Waals surface area contributed by atoms with Crippen LogP contribution in [0.15, 0.2) is 35.9 Å². The number of hydrogen-bond acceptors (Lipinski definition) is 6. The van der Waals surface area contributed by atoms with Crippen LogP contribution in [0.3, 0.4) is 0 Å². The fraction of sp³-hybridized carbons (Fsp3) is 0.474. The monoisotopic (exact) mass is 397 g/mol. The Morgan fingerprint density at radius 1 is 1.42 bits per heavy atom. The quantitative estimate of drug-likeness (QED) is 0.296. The molecule has 1 saturated heterocycles. The summed E-state index contributed by atoms with van der Waals surface area (Å²) in [6.07, 6.45) is 2.44. The van der Waals surface area contributed by atoms with Gasteiger partial charge in [-0.15, -0.1) is 11.8 Å². The molecule has 1 unspecified atom stereocenters. The molecule has 7 heteroatoms. The summed E-state index contributed by atoms with van der Waals surface area (Å²) in [4.78, 5) is 24.7. The summed E-state index contributed by atoms with van der Waals surface area (Å²) >= 11 is 7.75. The number of nitrogens with zero attached hydrogens (tertiary/aromatic N) is 1. The molecule has 1 atom stereocenters. The lowest BCUT2D eigenvalue weighted by atomic mass is 10.0. The predicted octanol–water partition coefficient (Wildman–Crippen LogP) is 4.29. The SMILES string of the molecule is CC(C)OC(=O)OCSC1CCN(Cc2ccccc2Cl)C/C1=C/C=O. The van der Waals surface area contributed by atoms with Crippen molar-refractivity contribution in [2.75, 3.05) is 19.0 Å². The summed E-state index contributed by atoms with van der Waals surface area (Å²) in [5, 5.41) is 0.900. The van der Waals surface area contributed by atoms with Crippen molar-refractivity contribution >= 4 is 35.8 Å². The van der Waals surface area contributed by atoms with Crippen molar-refractivity contribution in [1.82, 2.24) is 4.90 Å². The molecule has 0 aromatic heterocycles. The van der Waals surface area contributed by atoms with Gasteiger partial charge in [-0.05, 0) is 43.5 Å². The van der Waals surface area contributed by atoms with Crippen LogP contribution in [0.2, 0.25) is 5.02 Å². The molecule has 1 aliphatic rings. The first kappa shape index (κ1) is 20.8. The van der Waals surface area contributed by atoms with E-state index >= 15 is 0 Å². The van der Waals surface area contributed by atoms with Gasteiger partial charge in [-0.2, -0.15) is 0 Å². The third-order valence-corrected chi connectivity index (χ3v) is 5.50. The second-order valence-electron chi connectivity index (χ2n) is 6.30.